The zero-order chi connectivity index (χ0) is 19.1. The maximum absolute atomic E-state index is 10.4. The molecule has 5 nitrogen and oxygen atoms in total. The Bertz CT molecular complexity index is 656. The maximum Gasteiger partial charge on any atom is 0.294 e. The van der Waals surface area contributed by atoms with Crippen LogP contribution in [-0.2, 0) is 16.5 Å². The van der Waals surface area contributed by atoms with Crippen molar-refractivity contribution in [1.82, 2.24) is 9.97 Å². The SMILES string of the molecule is CCCCCCCCCCCc1ncc[nH]1.O=S(=O)(O)c1ccccc1. The molecule has 0 saturated heterocycles. The van der Waals surface area contributed by atoms with E-state index in [9.17, 15) is 8.42 Å². The summed E-state index contributed by atoms with van der Waals surface area (Å²) >= 11 is 0. The first-order valence-corrected chi connectivity index (χ1v) is 11.0. The van der Waals surface area contributed by atoms with Gasteiger partial charge < -0.3 is 4.98 Å². The summed E-state index contributed by atoms with van der Waals surface area (Å²) in [5, 5.41) is 0. The molecule has 2 aromatic rings. The molecule has 1 aromatic carbocycles. The highest BCUT2D eigenvalue weighted by Gasteiger charge is 2.05. The van der Waals surface area contributed by atoms with E-state index in [4.69, 9.17) is 4.55 Å². The summed E-state index contributed by atoms with van der Waals surface area (Å²) in [5.41, 5.74) is 0. The third-order valence-corrected chi connectivity index (χ3v) is 4.98. The smallest absolute Gasteiger partial charge is 0.294 e. The van der Waals surface area contributed by atoms with Gasteiger partial charge in [-0.3, -0.25) is 4.55 Å². The van der Waals surface area contributed by atoms with Crippen LogP contribution < -0.4 is 0 Å². The molecule has 0 aliphatic rings. The third kappa shape index (κ3) is 11.1. The van der Waals surface area contributed by atoms with Crippen LogP contribution in [0.4, 0.5) is 0 Å². The Balaban J connectivity index is 0.000000289. The Labute approximate surface area is 158 Å². The van der Waals surface area contributed by atoms with Crippen LogP contribution in [0, 0.1) is 0 Å². The summed E-state index contributed by atoms with van der Waals surface area (Å²) in [5.74, 6) is 1.14. The van der Waals surface area contributed by atoms with Crippen LogP contribution in [0.1, 0.15) is 70.5 Å². The number of aromatic amines is 1. The Morgan fingerprint density at radius 1 is 0.923 bits per heavy atom. The molecule has 1 heterocycles. The minimum atomic E-state index is -4.00. The van der Waals surface area contributed by atoms with Crippen molar-refractivity contribution >= 4 is 10.1 Å². The van der Waals surface area contributed by atoms with E-state index in [-0.39, 0.29) is 4.90 Å². The Morgan fingerprint density at radius 2 is 1.50 bits per heavy atom. The molecule has 2 rings (SSSR count). The lowest BCUT2D eigenvalue weighted by molar-refractivity contribution is 0.483. The molecule has 0 radical (unpaired) electrons. The number of hydrogen-bond acceptors (Lipinski definition) is 3. The van der Waals surface area contributed by atoms with Gasteiger partial charge in [0.2, 0.25) is 0 Å². The first-order valence-electron chi connectivity index (χ1n) is 9.55. The number of imidazole rings is 1. The standard InChI is InChI=1S/C14H26N2.C6H6O3S/c1-2-3-4-5-6-7-8-9-10-11-14-15-12-13-16-14;7-10(8,9)6-4-2-1-3-5-6/h12-13H,2-11H2,1H3,(H,15,16);1-5H,(H,7,8,9). The van der Waals surface area contributed by atoms with E-state index in [0.717, 1.165) is 12.2 Å². The van der Waals surface area contributed by atoms with Gasteiger partial charge in [0, 0.05) is 18.8 Å². The van der Waals surface area contributed by atoms with Crippen molar-refractivity contribution in [3.63, 3.8) is 0 Å². The fraction of sp³-hybridized carbons (Fsp3) is 0.550. The number of H-pyrrole nitrogens is 1. The normalized spacial score (nSPS) is 11.0. The van der Waals surface area contributed by atoms with Gasteiger partial charge in [-0.15, -0.1) is 0 Å². The lowest BCUT2D eigenvalue weighted by Gasteiger charge is -2.01. The first kappa shape index (κ1) is 22.4. The Hall–Kier alpha value is -1.66. The predicted octanol–water partition coefficient (Wildman–Crippen LogP) is 5.42. The lowest BCUT2D eigenvalue weighted by atomic mass is 10.1. The van der Waals surface area contributed by atoms with Crippen molar-refractivity contribution in [2.75, 3.05) is 0 Å². The van der Waals surface area contributed by atoms with E-state index in [1.54, 1.807) is 18.2 Å². The predicted molar refractivity (Wildman–Crippen MR) is 106 cm³/mol. The van der Waals surface area contributed by atoms with Gasteiger partial charge >= 0.3 is 0 Å². The van der Waals surface area contributed by atoms with Crippen molar-refractivity contribution in [2.45, 2.75) is 76.0 Å². The summed E-state index contributed by atoms with van der Waals surface area (Å²) in [4.78, 5) is 7.31. The number of aromatic nitrogens is 2. The summed E-state index contributed by atoms with van der Waals surface area (Å²) in [6.07, 6.45) is 17.4. The second-order valence-electron chi connectivity index (χ2n) is 6.40. The number of aryl methyl sites for hydroxylation is 1. The topological polar surface area (TPSA) is 83.0 Å². The van der Waals surface area contributed by atoms with Crippen molar-refractivity contribution in [2.24, 2.45) is 0 Å². The first-order chi connectivity index (χ1) is 12.5. The zero-order valence-corrected chi connectivity index (χ0v) is 16.5. The number of hydrogen-bond donors (Lipinski definition) is 2. The van der Waals surface area contributed by atoms with Crippen molar-refractivity contribution in [3.8, 4) is 0 Å². The molecular weight excluding hydrogens is 348 g/mol. The monoisotopic (exact) mass is 380 g/mol. The van der Waals surface area contributed by atoms with Crippen LogP contribution in [0.25, 0.3) is 0 Å². The van der Waals surface area contributed by atoms with Gasteiger partial charge in [0.25, 0.3) is 10.1 Å². The van der Waals surface area contributed by atoms with Gasteiger partial charge in [-0.2, -0.15) is 8.42 Å². The Morgan fingerprint density at radius 3 is 1.96 bits per heavy atom. The number of benzene rings is 1. The fourth-order valence-electron chi connectivity index (χ4n) is 2.63. The molecule has 0 amide bonds. The molecule has 6 heteroatoms. The van der Waals surface area contributed by atoms with Gasteiger partial charge in [-0.25, -0.2) is 4.98 Å². The molecule has 1 aromatic heterocycles. The van der Waals surface area contributed by atoms with Crippen molar-refractivity contribution in [3.05, 3.63) is 48.5 Å². The van der Waals surface area contributed by atoms with Gasteiger partial charge in [0.1, 0.15) is 5.82 Å². The molecule has 0 spiro atoms. The van der Waals surface area contributed by atoms with Gasteiger partial charge in [-0.1, -0.05) is 76.5 Å². The average molecular weight is 381 g/mol. The molecule has 2 N–H and O–H groups in total. The molecule has 0 aliphatic carbocycles. The molecule has 0 fully saturated rings. The van der Waals surface area contributed by atoms with E-state index in [0.29, 0.717) is 0 Å². The van der Waals surface area contributed by atoms with Gasteiger partial charge in [-0.05, 0) is 18.6 Å². The number of rotatable bonds is 11. The fourth-order valence-corrected chi connectivity index (χ4v) is 3.13. The van der Waals surface area contributed by atoms with Crippen molar-refractivity contribution in [1.29, 1.82) is 0 Å². The lowest BCUT2D eigenvalue weighted by Crippen LogP contribution is -1.96. The van der Waals surface area contributed by atoms with Crippen LogP contribution >= 0.6 is 0 Å². The molecule has 146 valence electrons. The molecular formula is C20H32N2O3S. The Kier molecular flexibility index (Phi) is 11.6. The van der Waals surface area contributed by atoms with E-state index in [1.165, 1.54) is 69.9 Å². The molecule has 26 heavy (non-hydrogen) atoms. The highest BCUT2D eigenvalue weighted by Crippen LogP contribution is 2.10. The quantitative estimate of drug-likeness (QED) is 0.403. The summed E-state index contributed by atoms with van der Waals surface area (Å²) in [7, 11) is -4.00. The number of unbranched alkanes of at least 4 members (excludes halogenated alkanes) is 8. The molecule has 0 atom stereocenters. The molecule has 0 unspecified atom stereocenters. The average Bonchev–Trinajstić information content (AvgIpc) is 3.14. The van der Waals surface area contributed by atoms with Crippen LogP contribution in [0.15, 0.2) is 47.6 Å². The largest absolute Gasteiger partial charge is 0.349 e. The summed E-state index contributed by atoms with van der Waals surface area (Å²) < 4.78 is 29.2. The van der Waals surface area contributed by atoms with E-state index in [1.807, 2.05) is 12.4 Å². The molecule has 0 aliphatic heterocycles. The van der Waals surface area contributed by atoms with Crippen molar-refractivity contribution < 1.29 is 13.0 Å². The molecule has 0 saturated carbocycles. The zero-order valence-electron chi connectivity index (χ0n) is 15.7. The highest BCUT2D eigenvalue weighted by molar-refractivity contribution is 7.85. The maximum atomic E-state index is 10.4. The minimum Gasteiger partial charge on any atom is -0.349 e. The highest BCUT2D eigenvalue weighted by atomic mass is 32.2. The van der Waals surface area contributed by atoms with Crippen LogP contribution in [0.3, 0.4) is 0 Å². The summed E-state index contributed by atoms with van der Waals surface area (Å²) in [6, 6.07) is 7.42. The second-order valence-corrected chi connectivity index (χ2v) is 7.82. The van der Waals surface area contributed by atoms with E-state index >= 15 is 0 Å². The number of nitrogens with zero attached hydrogens (tertiary/aromatic N) is 1. The van der Waals surface area contributed by atoms with Gasteiger partial charge in [0.15, 0.2) is 0 Å². The third-order valence-electron chi connectivity index (χ3n) is 4.11. The van der Waals surface area contributed by atoms with Crippen LogP contribution in [0.2, 0.25) is 0 Å². The van der Waals surface area contributed by atoms with Crippen LogP contribution in [-0.4, -0.2) is 22.9 Å². The number of nitrogens with one attached hydrogen (secondary N) is 1. The molecule has 0 bridgehead atoms. The van der Waals surface area contributed by atoms with E-state index < -0.39 is 10.1 Å². The minimum absolute atomic E-state index is 0.0741. The summed E-state index contributed by atoms with van der Waals surface area (Å²) in [6.45, 7) is 2.27. The second kappa shape index (κ2) is 13.5. The van der Waals surface area contributed by atoms with E-state index in [2.05, 4.69) is 16.9 Å². The van der Waals surface area contributed by atoms with Crippen LogP contribution in [0.5, 0.6) is 0 Å². The van der Waals surface area contributed by atoms with Gasteiger partial charge in [0.05, 0.1) is 4.90 Å².